The Morgan fingerprint density at radius 2 is 1.88 bits per heavy atom. The second-order valence-electron chi connectivity index (χ2n) is 6.41. The van der Waals surface area contributed by atoms with Crippen molar-refractivity contribution in [3.05, 3.63) is 64.7 Å². The van der Waals surface area contributed by atoms with Gasteiger partial charge in [-0.15, -0.1) is 0 Å². The minimum atomic E-state index is 0.146. The summed E-state index contributed by atoms with van der Waals surface area (Å²) in [6.45, 7) is 0.646. The fourth-order valence-corrected chi connectivity index (χ4v) is 3.41. The summed E-state index contributed by atoms with van der Waals surface area (Å²) >= 11 is 6.22. The molecule has 2 atom stereocenters. The van der Waals surface area contributed by atoms with Crippen LogP contribution in [-0.2, 0) is 17.8 Å². The van der Waals surface area contributed by atoms with Gasteiger partial charge in [-0.2, -0.15) is 5.26 Å². The molecule has 0 radical (unpaired) electrons. The molecule has 0 amide bonds. The van der Waals surface area contributed by atoms with Gasteiger partial charge in [0.1, 0.15) is 11.9 Å². The highest BCUT2D eigenvalue weighted by Gasteiger charge is 2.24. The second-order valence-corrected chi connectivity index (χ2v) is 6.82. The SMILES string of the molecule is N#CCc1ccc(OC2CCCC(OCc3ccccc3)C2)cc1Cl. The molecule has 2 unspecified atom stereocenters. The van der Waals surface area contributed by atoms with Crippen molar-refractivity contribution in [3.8, 4) is 11.8 Å². The lowest BCUT2D eigenvalue weighted by atomic mass is 9.94. The van der Waals surface area contributed by atoms with Gasteiger partial charge in [-0.1, -0.05) is 48.0 Å². The Hall–Kier alpha value is -2.02. The zero-order chi connectivity index (χ0) is 17.5. The molecule has 3 rings (SSSR count). The summed E-state index contributed by atoms with van der Waals surface area (Å²) in [7, 11) is 0. The van der Waals surface area contributed by atoms with Crippen molar-refractivity contribution >= 4 is 11.6 Å². The molecule has 2 aromatic carbocycles. The summed E-state index contributed by atoms with van der Waals surface area (Å²) in [5.41, 5.74) is 2.04. The van der Waals surface area contributed by atoms with Crippen LogP contribution in [0, 0.1) is 11.3 Å². The number of hydrogen-bond donors (Lipinski definition) is 0. The van der Waals surface area contributed by atoms with Crippen molar-refractivity contribution in [2.24, 2.45) is 0 Å². The van der Waals surface area contributed by atoms with Gasteiger partial charge in [-0.3, -0.25) is 0 Å². The molecule has 0 heterocycles. The molecule has 2 aromatic rings. The van der Waals surface area contributed by atoms with Crippen LogP contribution in [0.15, 0.2) is 48.5 Å². The highest BCUT2D eigenvalue weighted by molar-refractivity contribution is 6.31. The molecule has 1 aliphatic rings. The standard InChI is InChI=1S/C21H22ClNO2/c22-21-14-20(10-9-17(21)11-12-23)25-19-8-4-7-18(13-19)24-15-16-5-2-1-3-6-16/h1-3,5-6,9-10,14,18-19H,4,7-8,11,13,15H2. The zero-order valence-corrected chi connectivity index (χ0v) is 14.9. The maximum Gasteiger partial charge on any atom is 0.121 e. The molecule has 0 saturated heterocycles. The average molecular weight is 356 g/mol. The highest BCUT2D eigenvalue weighted by Crippen LogP contribution is 2.29. The van der Waals surface area contributed by atoms with Gasteiger partial charge in [0.25, 0.3) is 0 Å². The molecule has 3 nitrogen and oxygen atoms in total. The first-order valence-electron chi connectivity index (χ1n) is 8.72. The van der Waals surface area contributed by atoms with Gasteiger partial charge in [-0.25, -0.2) is 0 Å². The first-order valence-corrected chi connectivity index (χ1v) is 9.10. The normalized spacial score (nSPS) is 20.0. The lowest BCUT2D eigenvalue weighted by Gasteiger charge is -2.29. The zero-order valence-electron chi connectivity index (χ0n) is 14.2. The number of rotatable bonds is 6. The number of nitriles is 1. The third-order valence-corrected chi connectivity index (χ3v) is 4.86. The summed E-state index contributed by atoms with van der Waals surface area (Å²) in [5, 5.41) is 9.37. The van der Waals surface area contributed by atoms with Gasteiger partial charge < -0.3 is 9.47 Å². The number of hydrogen-bond acceptors (Lipinski definition) is 3. The van der Waals surface area contributed by atoms with Gasteiger partial charge in [0.05, 0.1) is 25.2 Å². The lowest BCUT2D eigenvalue weighted by Crippen LogP contribution is -2.30. The summed E-state index contributed by atoms with van der Waals surface area (Å²) < 4.78 is 12.2. The predicted octanol–water partition coefficient (Wildman–Crippen LogP) is 5.31. The van der Waals surface area contributed by atoms with Crippen LogP contribution < -0.4 is 4.74 Å². The highest BCUT2D eigenvalue weighted by atomic mass is 35.5. The molecule has 0 N–H and O–H groups in total. The maximum absolute atomic E-state index is 8.78. The van der Waals surface area contributed by atoms with Gasteiger partial charge in [0.15, 0.2) is 0 Å². The van der Waals surface area contributed by atoms with E-state index < -0.39 is 0 Å². The molecule has 1 fully saturated rings. The van der Waals surface area contributed by atoms with Crippen molar-refractivity contribution in [1.29, 1.82) is 5.26 Å². The lowest BCUT2D eigenvalue weighted by molar-refractivity contribution is -0.0163. The molecule has 0 aliphatic heterocycles. The molecule has 1 aliphatic carbocycles. The first-order chi connectivity index (χ1) is 12.2. The fourth-order valence-electron chi connectivity index (χ4n) is 3.17. The first kappa shape index (κ1) is 17.8. The van der Waals surface area contributed by atoms with E-state index >= 15 is 0 Å². The largest absolute Gasteiger partial charge is 0.490 e. The van der Waals surface area contributed by atoms with E-state index in [1.54, 1.807) is 0 Å². The molecular weight excluding hydrogens is 334 g/mol. The summed E-state index contributed by atoms with van der Waals surface area (Å²) in [6, 6.07) is 17.9. The van der Waals surface area contributed by atoms with E-state index in [0.717, 1.165) is 37.0 Å². The number of nitrogens with zero attached hydrogens (tertiary/aromatic N) is 1. The van der Waals surface area contributed by atoms with Crippen molar-refractivity contribution in [3.63, 3.8) is 0 Å². The van der Waals surface area contributed by atoms with Crippen molar-refractivity contribution in [2.45, 2.75) is 50.9 Å². The van der Waals surface area contributed by atoms with Crippen LogP contribution in [0.5, 0.6) is 5.75 Å². The van der Waals surface area contributed by atoms with Gasteiger partial charge >= 0.3 is 0 Å². The van der Waals surface area contributed by atoms with Crippen LogP contribution in [0.1, 0.15) is 36.8 Å². The quantitative estimate of drug-likeness (QED) is 0.704. The van der Waals surface area contributed by atoms with E-state index in [1.165, 1.54) is 5.56 Å². The van der Waals surface area contributed by atoms with Crippen LogP contribution in [0.3, 0.4) is 0 Å². The molecule has 0 spiro atoms. The Labute approximate surface area is 154 Å². The van der Waals surface area contributed by atoms with Gasteiger partial charge in [0.2, 0.25) is 0 Å². The van der Waals surface area contributed by atoms with Crippen molar-refractivity contribution in [1.82, 2.24) is 0 Å². The maximum atomic E-state index is 8.78. The molecule has 0 bridgehead atoms. The van der Waals surface area contributed by atoms with Crippen molar-refractivity contribution < 1.29 is 9.47 Å². The topological polar surface area (TPSA) is 42.2 Å². The van der Waals surface area contributed by atoms with E-state index in [0.29, 0.717) is 18.1 Å². The summed E-state index contributed by atoms with van der Waals surface area (Å²) in [6.07, 6.45) is 4.80. The van der Waals surface area contributed by atoms with Crippen LogP contribution in [0.25, 0.3) is 0 Å². The Morgan fingerprint density at radius 1 is 1.08 bits per heavy atom. The van der Waals surface area contributed by atoms with Crippen LogP contribution in [0.2, 0.25) is 5.02 Å². The predicted molar refractivity (Wildman–Crippen MR) is 98.7 cm³/mol. The number of benzene rings is 2. The molecule has 25 heavy (non-hydrogen) atoms. The third kappa shape index (κ3) is 5.22. The number of halogens is 1. The Balaban J connectivity index is 1.53. The summed E-state index contributed by atoms with van der Waals surface area (Å²) in [4.78, 5) is 0. The van der Waals surface area contributed by atoms with Crippen LogP contribution in [-0.4, -0.2) is 12.2 Å². The van der Waals surface area contributed by atoms with Gasteiger partial charge in [-0.05, 0) is 42.5 Å². The van der Waals surface area contributed by atoms with E-state index in [2.05, 4.69) is 18.2 Å². The van der Waals surface area contributed by atoms with Gasteiger partial charge in [0, 0.05) is 11.4 Å². The fraction of sp³-hybridized carbons (Fsp3) is 0.381. The number of ether oxygens (including phenoxy) is 2. The Kier molecular flexibility index (Phi) is 6.33. The minimum absolute atomic E-state index is 0.146. The second kappa shape index (κ2) is 8.89. The van der Waals surface area contributed by atoms with E-state index in [9.17, 15) is 0 Å². The Morgan fingerprint density at radius 3 is 2.64 bits per heavy atom. The molecule has 4 heteroatoms. The molecular formula is C21H22ClNO2. The molecule has 0 aromatic heterocycles. The monoisotopic (exact) mass is 355 g/mol. The van der Waals surface area contributed by atoms with Crippen LogP contribution >= 0.6 is 11.6 Å². The third-order valence-electron chi connectivity index (χ3n) is 4.50. The minimum Gasteiger partial charge on any atom is -0.490 e. The van der Waals surface area contributed by atoms with E-state index in [1.807, 2.05) is 36.4 Å². The van der Waals surface area contributed by atoms with E-state index in [4.69, 9.17) is 26.3 Å². The summed E-state index contributed by atoms with van der Waals surface area (Å²) in [5.74, 6) is 0.764. The smallest absolute Gasteiger partial charge is 0.121 e. The molecule has 1 saturated carbocycles. The van der Waals surface area contributed by atoms with Crippen molar-refractivity contribution in [2.75, 3.05) is 0 Å². The Bertz CT molecular complexity index is 726. The molecule has 130 valence electrons. The average Bonchev–Trinajstić information content (AvgIpc) is 2.64. The van der Waals surface area contributed by atoms with E-state index in [-0.39, 0.29) is 12.2 Å². The van der Waals surface area contributed by atoms with Crippen LogP contribution in [0.4, 0.5) is 0 Å².